The molecule has 0 aliphatic heterocycles. The molecule has 2 rings (SSSR count). The summed E-state index contributed by atoms with van der Waals surface area (Å²) in [6.45, 7) is 4.22. The lowest BCUT2D eigenvalue weighted by atomic mass is 9.81. The molecule has 20 heavy (non-hydrogen) atoms. The summed E-state index contributed by atoms with van der Waals surface area (Å²) in [5.41, 5.74) is 2.57. The van der Waals surface area contributed by atoms with E-state index >= 15 is 0 Å². The summed E-state index contributed by atoms with van der Waals surface area (Å²) >= 11 is 0. The average molecular weight is 276 g/mol. The quantitative estimate of drug-likeness (QED) is 0.792. The first-order chi connectivity index (χ1) is 9.61. The Morgan fingerprint density at radius 3 is 2.75 bits per heavy atom. The van der Waals surface area contributed by atoms with E-state index in [0.29, 0.717) is 12.3 Å². The fourth-order valence-electron chi connectivity index (χ4n) is 2.84. The minimum Gasteiger partial charge on any atom is -0.396 e. The van der Waals surface area contributed by atoms with Gasteiger partial charge in [0.2, 0.25) is 0 Å². The van der Waals surface area contributed by atoms with E-state index in [1.807, 2.05) is 13.0 Å². The largest absolute Gasteiger partial charge is 0.396 e. The highest BCUT2D eigenvalue weighted by Crippen LogP contribution is 2.36. The molecule has 4 heteroatoms. The molecule has 2 unspecified atom stereocenters. The van der Waals surface area contributed by atoms with E-state index < -0.39 is 0 Å². The molecule has 110 valence electrons. The Bertz CT molecular complexity index is 462. The van der Waals surface area contributed by atoms with Gasteiger partial charge in [0.15, 0.2) is 0 Å². The summed E-state index contributed by atoms with van der Waals surface area (Å²) in [5.74, 6) is 0.556. The number of nitrogens with one attached hydrogen (secondary N) is 2. The van der Waals surface area contributed by atoms with Gasteiger partial charge < -0.3 is 15.7 Å². The Labute approximate surface area is 120 Å². The van der Waals surface area contributed by atoms with Crippen molar-refractivity contribution in [2.45, 2.75) is 51.1 Å². The fraction of sp³-hybridized carbons (Fsp3) is 0.562. The third-order valence-corrected chi connectivity index (χ3v) is 4.04. The molecule has 2 amide bonds. The van der Waals surface area contributed by atoms with Crippen molar-refractivity contribution >= 4 is 6.03 Å². The van der Waals surface area contributed by atoms with Crippen molar-refractivity contribution in [3.8, 4) is 0 Å². The van der Waals surface area contributed by atoms with Crippen LogP contribution >= 0.6 is 0 Å². The van der Waals surface area contributed by atoms with E-state index in [1.54, 1.807) is 0 Å². The molecule has 4 nitrogen and oxygen atoms in total. The van der Waals surface area contributed by atoms with Crippen LogP contribution in [0.25, 0.3) is 0 Å². The summed E-state index contributed by atoms with van der Waals surface area (Å²) in [4.78, 5) is 12.0. The van der Waals surface area contributed by atoms with E-state index in [9.17, 15) is 4.79 Å². The molecule has 0 fully saturated rings. The van der Waals surface area contributed by atoms with Gasteiger partial charge in [-0.15, -0.1) is 0 Å². The van der Waals surface area contributed by atoms with Gasteiger partial charge in [-0.1, -0.05) is 31.2 Å². The monoisotopic (exact) mass is 276 g/mol. The van der Waals surface area contributed by atoms with E-state index in [1.165, 1.54) is 11.1 Å². The van der Waals surface area contributed by atoms with E-state index in [2.05, 4.69) is 35.8 Å². The van der Waals surface area contributed by atoms with Gasteiger partial charge in [0.25, 0.3) is 0 Å². The molecule has 1 aromatic rings. The highest BCUT2D eigenvalue weighted by atomic mass is 16.3. The third kappa shape index (κ3) is 3.51. The molecule has 1 aliphatic rings. The Morgan fingerprint density at radius 1 is 1.35 bits per heavy atom. The van der Waals surface area contributed by atoms with Gasteiger partial charge in [-0.2, -0.15) is 0 Å². The molecule has 3 atom stereocenters. The third-order valence-electron chi connectivity index (χ3n) is 4.04. The summed E-state index contributed by atoms with van der Waals surface area (Å²) in [6.07, 6.45) is 2.64. The lowest BCUT2D eigenvalue weighted by molar-refractivity contribution is 0.226. The molecule has 0 aromatic heterocycles. The second kappa shape index (κ2) is 6.75. The number of amides is 2. The minimum atomic E-state index is -0.152. The van der Waals surface area contributed by atoms with Crippen molar-refractivity contribution in [3.05, 3.63) is 35.4 Å². The summed E-state index contributed by atoms with van der Waals surface area (Å²) in [7, 11) is 0. The van der Waals surface area contributed by atoms with Crippen molar-refractivity contribution in [1.29, 1.82) is 0 Å². The SMILES string of the molecule is CC1CCC(NC(=O)N[C@H](C)CCO)c2ccccc21. The van der Waals surface area contributed by atoms with Crippen molar-refractivity contribution in [3.63, 3.8) is 0 Å². The van der Waals surface area contributed by atoms with Crippen molar-refractivity contribution < 1.29 is 9.90 Å². The zero-order valence-corrected chi connectivity index (χ0v) is 12.2. The summed E-state index contributed by atoms with van der Waals surface area (Å²) in [5, 5.41) is 14.8. The van der Waals surface area contributed by atoms with Crippen LogP contribution in [0.1, 0.15) is 56.2 Å². The van der Waals surface area contributed by atoms with E-state index in [-0.39, 0.29) is 24.7 Å². The van der Waals surface area contributed by atoms with Crippen LogP contribution in [0, 0.1) is 0 Å². The molecule has 0 radical (unpaired) electrons. The van der Waals surface area contributed by atoms with Crippen molar-refractivity contribution in [2.75, 3.05) is 6.61 Å². The first-order valence-corrected chi connectivity index (χ1v) is 7.38. The number of urea groups is 1. The maximum absolute atomic E-state index is 12.0. The number of hydrogen-bond acceptors (Lipinski definition) is 2. The van der Waals surface area contributed by atoms with Crippen LogP contribution in [0.4, 0.5) is 4.79 Å². The smallest absolute Gasteiger partial charge is 0.315 e. The Hall–Kier alpha value is -1.55. The molecular weight excluding hydrogens is 252 g/mol. The first-order valence-electron chi connectivity index (χ1n) is 7.38. The zero-order chi connectivity index (χ0) is 14.5. The molecule has 1 aromatic carbocycles. The zero-order valence-electron chi connectivity index (χ0n) is 12.2. The number of hydrogen-bond donors (Lipinski definition) is 3. The number of benzene rings is 1. The number of rotatable bonds is 4. The number of carbonyl (C=O) groups excluding carboxylic acids is 1. The van der Waals surface area contributed by atoms with Gasteiger partial charge in [0.05, 0.1) is 6.04 Å². The van der Waals surface area contributed by atoms with Crippen LogP contribution in [0.15, 0.2) is 24.3 Å². The molecule has 1 aliphatic carbocycles. The van der Waals surface area contributed by atoms with Gasteiger partial charge in [-0.3, -0.25) is 0 Å². The van der Waals surface area contributed by atoms with Gasteiger partial charge >= 0.3 is 6.03 Å². The van der Waals surface area contributed by atoms with Crippen LogP contribution in [-0.2, 0) is 0 Å². The van der Waals surface area contributed by atoms with E-state index in [4.69, 9.17) is 5.11 Å². The molecule has 0 saturated carbocycles. The number of aliphatic hydroxyl groups excluding tert-OH is 1. The van der Waals surface area contributed by atoms with E-state index in [0.717, 1.165) is 12.8 Å². The molecule has 0 heterocycles. The second-order valence-corrected chi connectivity index (χ2v) is 5.69. The molecule has 0 spiro atoms. The standard InChI is InChI=1S/C16H24N2O2/c1-11-7-8-15(14-6-4-3-5-13(11)14)18-16(20)17-12(2)9-10-19/h3-6,11-12,15,19H,7-10H2,1-2H3,(H2,17,18,20)/t11?,12-,15?/m1/s1. The summed E-state index contributed by atoms with van der Waals surface area (Å²) < 4.78 is 0. The first kappa shape index (κ1) is 14.9. The van der Waals surface area contributed by atoms with Gasteiger partial charge in [-0.25, -0.2) is 4.79 Å². The predicted octanol–water partition coefficient (Wildman–Crippen LogP) is 2.70. The Balaban J connectivity index is 2.00. The highest BCUT2D eigenvalue weighted by molar-refractivity contribution is 5.74. The summed E-state index contributed by atoms with van der Waals surface area (Å²) in [6, 6.07) is 8.26. The average Bonchev–Trinajstić information content (AvgIpc) is 2.42. The maximum atomic E-state index is 12.0. The predicted molar refractivity (Wildman–Crippen MR) is 79.7 cm³/mol. The number of fused-ring (bicyclic) bond motifs is 1. The van der Waals surface area contributed by atoms with Crippen LogP contribution in [0.5, 0.6) is 0 Å². The second-order valence-electron chi connectivity index (χ2n) is 5.69. The number of aliphatic hydroxyl groups is 1. The van der Waals surface area contributed by atoms with Crippen molar-refractivity contribution in [1.82, 2.24) is 10.6 Å². The molecular formula is C16H24N2O2. The van der Waals surface area contributed by atoms with Crippen LogP contribution in [0.2, 0.25) is 0 Å². The fourth-order valence-corrected chi connectivity index (χ4v) is 2.84. The lowest BCUT2D eigenvalue weighted by Gasteiger charge is -2.30. The molecule has 0 bridgehead atoms. The van der Waals surface area contributed by atoms with Crippen LogP contribution in [0.3, 0.4) is 0 Å². The normalized spacial score (nSPS) is 22.8. The van der Waals surface area contributed by atoms with Gasteiger partial charge in [0.1, 0.15) is 0 Å². The highest BCUT2D eigenvalue weighted by Gasteiger charge is 2.25. The maximum Gasteiger partial charge on any atom is 0.315 e. The minimum absolute atomic E-state index is 0.0160. The Morgan fingerprint density at radius 2 is 2.05 bits per heavy atom. The number of carbonyl (C=O) groups is 1. The molecule has 3 N–H and O–H groups in total. The molecule has 0 saturated heterocycles. The van der Waals surface area contributed by atoms with Crippen LogP contribution in [-0.4, -0.2) is 23.8 Å². The van der Waals surface area contributed by atoms with Crippen LogP contribution < -0.4 is 10.6 Å². The van der Waals surface area contributed by atoms with Gasteiger partial charge in [-0.05, 0) is 43.2 Å². The van der Waals surface area contributed by atoms with Gasteiger partial charge in [0, 0.05) is 12.6 Å². The Kier molecular flexibility index (Phi) is 5.01. The lowest BCUT2D eigenvalue weighted by Crippen LogP contribution is -2.43. The topological polar surface area (TPSA) is 61.4 Å². The van der Waals surface area contributed by atoms with Crippen molar-refractivity contribution in [2.24, 2.45) is 0 Å².